The monoisotopic (exact) mass is 464 g/mol. The smallest absolute Gasteiger partial charge is 0.261 e. The molecule has 0 saturated carbocycles. The van der Waals surface area contributed by atoms with E-state index in [0.29, 0.717) is 27.8 Å². The van der Waals surface area contributed by atoms with Crippen LogP contribution in [-0.2, 0) is 16.1 Å². The van der Waals surface area contributed by atoms with Crippen molar-refractivity contribution in [3.8, 4) is 5.75 Å². The second-order valence-corrected chi connectivity index (χ2v) is 8.75. The lowest BCUT2D eigenvalue weighted by atomic mass is 10.1. The number of hydrogen-bond acceptors (Lipinski definition) is 3. The summed E-state index contributed by atoms with van der Waals surface area (Å²) in [7, 11) is 0. The van der Waals surface area contributed by atoms with Gasteiger partial charge in [-0.25, -0.2) is 0 Å². The lowest BCUT2D eigenvalue weighted by molar-refractivity contribution is -0.143. The Balaban J connectivity index is 2.27. The Hall–Kier alpha value is -2.24. The number of hydrogen-bond donors (Lipinski definition) is 1. The largest absolute Gasteiger partial charge is 0.483 e. The van der Waals surface area contributed by atoms with Gasteiger partial charge in [0.1, 0.15) is 11.8 Å². The highest BCUT2D eigenvalue weighted by Crippen LogP contribution is 2.24. The first kappa shape index (κ1) is 25.0. The molecule has 0 aromatic heterocycles. The molecule has 0 radical (unpaired) electrons. The van der Waals surface area contributed by atoms with Gasteiger partial charge in [-0.1, -0.05) is 53.9 Å². The maximum absolute atomic E-state index is 13.2. The van der Waals surface area contributed by atoms with Crippen molar-refractivity contribution in [1.29, 1.82) is 0 Å². The fraction of sp³-hybridized carbons (Fsp3) is 0.417. The van der Waals surface area contributed by atoms with Crippen molar-refractivity contribution in [1.82, 2.24) is 10.2 Å². The first-order valence-electron chi connectivity index (χ1n) is 10.4. The summed E-state index contributed by atoms with van der Waals surface area (Å²) in [5, 5.41) is 3.85. The molecule has 5 nitrogen and oxygen atoms in total. The maximum Gasteiger partial charge on any atom is 0.261 e. The summed E-state index contributed by atoms with van der Waals surface area (Å²) in [4.78, 5) is 27.6. The summed E-state index contributed by atoms with van der Waals surface area (Å²) < 4.78 is 5.80. The number of carbonyl (C=O) groups excluding carboxylic acids is 2. The number of aryl methyl sites for hydroxylation is 2. The minimum atomic E-state index is -0.649. The van der Waals surface area contributed by atoms with E-state index in [1.54, 1.807) is 18.2 Å². The molecule has 2 aromatic rings. The van der Waals surface area contributed by atoms with Gasteiger partial charge in [0, 0.05) is 22.6 Å². The fourth-order valence-corrected chi connectivity index (χ4v) is 3.79. The van der Waals surface area contributed by atoms with E-state index in [2.05, 4.69) is 5.32 Å². The molecule has 0 spiro atoms. The summed E-state index contributed by atoms with van der Waals surface area (Å²) in [5.74, 6) is 0.141. The molecule has 7 heteroatoms. The molecule has 0 aliphatic carbocycles. The van der Waals surface area contributed by atoms with Crippen LogP contribution in [0, 0.1) is 13.8 Å². The predicted octanol–water partition coefficient (Wildman–Crippen LogP) is 5.32. The summed E-state index contributed by atoms with van der Waals surface area (Å²) in [6.07, 6.45) is 0.457. The van der Waals surface area contributed by atoms with E-state index in [1.807, 2.05) is 52.8 Å². The molecule has 31 heavy (non-hydrogen) atoms. The molecule has 2 aromatic carbocycles. The molecule has 0 heterocycles. The second-order valence-electron chi connectivity index (χ2n) is 7.90. The van der Waals surface area contributed by atoms with Crippen molar-refractivity contribution in [3.63, 3.8) is 0 Å². The Kier molecular flexibility index (Phi) is 9.20. The zero-order valence-corrected chi connectivity index (χ0v) is 20.2. The average molecular weight is 465 g/mol. The van der Waals surface area contributed by atoms with Crippen LogP contribution in [0.15, 0.2) is 36.4 Å². The Labute approximate surface area is 194 Å². The van der Waals surface area contributed by atoms with Crippen molar-refractivity contribution in [3.05, 3.63) is 63.1 Å². The van der Waals surface area contributed by atoms with Crippen LogP contribution >= 0.6 is 23.2 Å². The van der Waals surface area contributed by atoms with Crippen molar-refractivity contribution in [2.45, 2.75) is 59.7 Å². The van der Waals surface area contributed by atoms with Crippen molar-refractivity contribution in [2.75, 3.05) is 6.61 Å². The zero-order valence-electron chi connectivity index (χ0n) is 18.7. The van der Waals surface area contributed by atoms with E-state index in [-0.39, 0.29) is 31.0 Å². The molecule has 2 rings (SSSR count). The number of nitrogens with zero attached hydrogens (tertiary/aromatic N) is 1. The lowest BCUT2D eigenvalue weighted by Crippen LogP contribution is -2.51. The van der Waals surface area contributed by atoms with Crippen molar-refractivity contribution >= 4 is 35.0 Å². The Morgan fingerprint density at radius 1 is 1.10 bits per heavy atom. The van der Waals surface area contributed by atoms with E-state index >= 15 is 0 Å². The third-order valence-electron chi connectivity index (χ3n) is 4.85. The van der Waals surface area contributed by atoms with Gasteiger partial charge < -0.3 is 15.0 Å². The molecular formula is C24H30Cl2N2O3. The highest BCUT2D eigenvalue weighted by molar-refractivity contribution is 6.35. The highest BCUT2D eigenvalue weighted by Gasteiger charge is 2.29. The number of amides is 2. The van der Waals surface area contributed by atoms with Crippen molar-refractivity contribution < 1.29 is 14.3 Å². The maximum atomic E-state index is 13.2. The van der Waals surface area contributed by atoms with Crippen molar-refractivity contribution in [2.24, 2.45) is 0 Å². The van der Waals surface area contributed by atoms with Gasteiger partial charge >= 0.3 is 0 Å². The average Bonchev–Trinajstić information content (AvgIpc) is 2.68. The van der Waals surface area contributed by atoms with Gasteiger partial charge in [0.25, 0.3) is 5.91 Å². The quantitative estimate of drug-likeness (QED) is 0.545. The minimum Gasteiger partial charge on any atom is -0.483 e. The molecule has 0 bridgehead atoms. The van der Waals surface area contributed by atoms with E-state index in [1.165, 1.54) is 4.90 Å². The van der Waals surface area contributed by atoms with Gasteiger partial charge in [-0.15, -0.1) is 0 Å². The van der Waals surface area contributed by atoms with Gasteiger partial charge in [-0.05, 0) is 63.4 Å². The number of nitrogens with one attached hydrogen (secondary N) is 1. The number of ether oxygens (including phenoxy) is 1. The number of rotatable bonds is 9. The van der Waals surface area contributed by atoms with Gasteiger partial charge in [-0.3, -0.25) is 9.59 Å². The van der Waals surface area contributed by atoms with Crippen LogP contribution in [-0.4, -0.2) is 35.4 Å². The normalized spacial score (nSPS) is 11.9. The standard InChI is InChI=1S/C24H30Cl2N2O3/c1-6-21(24(30)27-15(2)3)28(13-18-8-9-19(25)12-20(18)26)23(29)14-31-22-10-7-16(4)11-17(22)5/h7-12,15,21H,6,13-14H2,1-5H3,(H,27,30)/t21-/m0/s1. The summed E-state index contributed by atoms with van der Waals surface area (Å²) in [6, 6.07) is 10.2. The summed E-state index contributed by atoms with van der Waals surface area (Å²) in [5.41, 5.74) is 2.78. The molecule has 2 amide bonds. The topological polar surface area (TPSA) is 58.6 Å². The van der Waals surface area contributed by atoms with Gasteiger partial charge in [0.05, 0.1) is 0 Å². The van der Waals surface area contributed by atoms with Gasteiger partial charge in [0.2, 0.25) is 5.91 Å². The van der Waals surface area contributed by atoms with Crippen LogP contribution < -0.4 is 10.1 Å². The molecule has 0 unspecified atom stereocenters. The molecule has 168 valence electrons. The van der Waals surface area contributed by atoms with Crippen LogP contribution in [0.3, 0.4) is 0 Å². The van der Waals surface area contributed by atoms with Crippen LogP contribution in [0.1, 0.15) is 43.9 Å². The third kappa shape index (κ3) is 7.15. The van der Waals surface area contributed by atoms with Crippen LogP contribution in [0.2, 0.25) is 10.0 Å². The van der Waals surface area contributed by atoms with Crippen LogP contribution in [0.4, 0.5) is 0 Å². The summed E-state index contributed by atoms with van der Waals surface area (Å²) >= 11 is 12.4. The van der Waals surface area contributed by atoms with E-state index in [4.69, 9.17) is 27.9 Å². The Morgan fingerprint density at radius 2 is 1.81 bits per heavy atom. The minimum absolute atomic E-state index is 0.0379. The number of halogens is 2. The first-order chi connectivity index (χ1) is 14.6. The molecule has 0 aliphatic rings. The molecule has 0 aliphatic heterocycles. The number of carbonyl (C=O) groups is 2. The zero-order chi connectivity index (χ0) is 23.1. The fourth-order valence-electron chi connectivity index (χ4n) is 3.32. The second kappa shape index (κ2) is 11.4. The SMILES string of the molecule is CC[C@@H](C(=O)NC(C)C)N(Cc1ccc(Cl)cc1Cl)C(=O)COc1ccc(C)cc1C. The van der Waals surface area contributed by atoms with Gasteiger partial charge in [0.15, 0.2) is 6.61 Å². The Bertz CT molecular complexity index is 931. The summed E-state index contributed by atoms with van der Waals surface area (Å²) in [6.45, 7) is 9.57. The molecular weight excluding hydrogens is 435 g/mol. The third-order valence-corrected chi connectivity index (χ3v) is 5.44. The lowest BCUT2D eigenvalue weighted by Gasteiger charge is -2.31. The van der Waals surface area contributed by atoms with E-state index in [0.717, 1.165) is 11.1 Å². The molecule has 1 atom stereocenters. The Morgan fingerprint density at radius 3 is 2.39 bits per heavy atom. The van der Waals surface area contributed by atoms with E-state index < -0.39 is 6.04 Å². The van der Waals surface area contributed by atoms with E-state index in [9.17, 15) is 9.59 Å². The highest BCUT2D eigenvalue weighted by atomic mass is 35.5. The van der Waals surface area contributed by atoms with Gasteiger partial charge in [-0.2, -0.15) is 0 Å². The first-order valence-corrected chi connectivity index (χ1v) is 11.1. The predicted molar refractivity (Wildman–Crippen MR) is 126 cm³/mol. The van der Waals surface area contributed by atoms with Crippen LogP contribution in [0.25, 0.3) is 0 Å². The molecule has 0 fully saturated rings. The molecule has 1 N–H and O–H groups in total. The molecule has 0 saturated heterocycles. The number of benzene rings is 2. The van der Waals surface area contributed by atoms with Crippen LogP contribution in [0.5, 0.6) is 5.75 Å².